The number of rotatable bonds is 1. The van der Waals surface area contributed by atoms with Crippen LogP contribution in [0.5, 0.6) is 5.75 Å². The minimum Gasteiger partial charge on any atom is -0.504 e. The molecule has 72 valence electrons. The van der Waals surface area contributed by atoms with Crippen LogP contribution < -0.4 is 0 Å². The molecule has 0 radical (unpaired) electrons. The maximum Gasteiger partial charge on any atom is 0.157 e. The second-order valence-electron chi connectivity index (χ2n) is 3.84. The van der Waals surface area contributed by atoms with E-state index >= 15 is 0 Å². The SMILES string of the molecule is CC(C)N1CCc2c(O)coc2C1. The van der Waals surface area contributed by atoms with E-state index in [1.807, 2.05) is 0 Å². The second-order valence-corrected chi connectivity index (χ2v) is 3.84. The first-order chi connectivity index (χ1) is 6.18. The van der Waals surface area contributed by atoms with Gasteiger partial charge in [-0.3, -0.25) is 4.90 Å². The van der Waals surface area contributed by atoms with Crippen molar-refractivity contribution in [3.63, 3.8) is 0 Å². The number of hydrogen-bond acceptors (Lipinski definition) is 3. The van der Waals surface area contributed by atoms with Gasteiger partial charge >= 0.3 is 0 Å². The molecule has 1 N–H and O–H groups in total. The fourth-order valence-electron chi connectivity index (χ4n) is 1.77. The standard InChI is InChI=1S/C10H15NO2/c1-7(2)11-4-3-8-9(12)6-13-10(8)5-11/h6-7,12H,3-5H2,1-2H3. The van der Waals surface area contributed by atoms with Crippen molar-refractivity contribution in [1.29, 1.82) is 0 Å². The molecule has 3 nitrogen and oxygen atoms in total. The van der Waals surface area contributed by atoms with Gasteiger partial charge < -0.3 is 9.52 Å². The molecule has 0 spiro atoms. The minimum absolute atomic E-state index is 0.318. The summed E-state index contributed by atoms with van der Waals surface area (Å²) >= 11 is 0. The van der Waals surface area contributed by atoms with Crippen LogP contribution >= 0.6 is 0 Å². The fraction of sp³-hybridized carbons (Fsp3) is 0.600. The van der Waals surface area contributed by atoms with E-state index in [1.165, 1.54) is 6.26 Å². The van der Waals surface area contributed by atoms with Crippen LogP contribution in [-0.4, -0.2) is 22.6 Å². The Bertz CT molecular complexity index is 304. The van der Waals surface area contributed by atoms with E-state index in [0.717, 1.165) is 30.8 Å². The third kappa shape index (κ3) is 1.44. The Morgan fingerprint density at radius 1 is 1.54 bits per heavy atom. The van der Waals surface area contributed by atoms with Gasteiger partial charge in [0.05, 0.1) is 6.54 Å². The van der Waals surface area contributed by atoms with Crippen LogP contribution in [0.3, 0.4) is 0 Å². The fourth-order valence-corrected chi connectivity index (χ4v) is 1.77. The molecule has 2 heterocycles. The summed E-state index contributed by atoms with van der Waals surface area (Å²) in [5, 5.41) is 9.41. The van der Waals surface area contributed by atoms with Crippen LogP contribution in [0.1, 0.15) is 25.2 Å². The number of nitrogens with zero attached hydrogens (tertiary/aromatic N) is 1. The topological polar surface area (TPSA) is 36.6 Å². The van der Waals surface area contributed by atoms with E-state index < -0.39 is 0 Å². The summed E-state index contributed by atoms with van der Waals surface area (Å²) in [6.45, 7) is 6.19. The lowest BCUT2D eigenvalue weighted by Crippen LogP contribution is -2.35. The Morgan fingerprint density at radius 3 is 3.00 bits per heavy atom. The number of furan rings is 1. The van der Waals surface area contributed by atoms with Gasteiger partial charge in [0.25, 0.3) is 0 Å². The van der Waals surface area contributed by atoms with E-state index in [-0.39, 0.29) is 0 Å². The Hall–Kier alpha value is -0.960. The third-order valence-electron chi connectivity index (χ3n) is 2.68. The molecule has 0 amide bonds. The lowest BCUT2D eigenvalue weighted by atomic mass is 10.1. The van der Waals surface area contributed by atoms with Gasteiger partial charge in [-0.25, -0.2) is 0 Å². The second kappa shape index (κ2) is 3.07. The van der Waals surface area contributed by atoms with Crippen LogP contribution in [0.2, 0.25) is 0 Å². The molecule has 0 unspecified atom stereocenters. The van der Waals surface area contributed by atoms with E-state index in [9.17, 15) is 5.11 Å². The molecule has 0 saturated heterocycles. The molecule has 0 fully saturated rings. The summed E-state index contributed by atoms with van der Waals surface area (Å²) in [7, 11) is 0. The zero-order valence-corrected chi connectivity index (χ0v) is 8.08. The Morgan fingerprint density at radius 2 is 2.31 bits per heavy atom. The molecular weight excluding hydrogens is 166 g/mol. The van der Waals surface area contributed by atoms with Gasteiger partial charge in [0.1, 0.15) is 12.0 Å². The average Bonchev–Trinajstić information content (AvgIpc) is 2.47. The third-order valence-corrected chi connectivity index (χ3v) is 2.68. The van der Waals surface area contributed by atoms with Crippen molar-refractivity contribution in [3.05, 3.63) is 17.6 Å². The highest BCUT2D eigenvalue weighted by molar-refractivity contribution is 5.34. The van der Waals surface area contributed by atoms with Crippen molar-refractivity contribution in [2.24, 2.45) is 0 Å². The Balaban J connectivity index is 2.21. The van der Waals surface area contributed by atoms with E-state index in [2.05, 4.69) is 18.7 Å². The van der Waals surface area contributed by atoms with Gasteiger partial charge in [-0.1, -0.05) is 0 Å². The highest BCUT2D eigenvalue weighted by Gasteiger charge is 2.23. The van der Waals surface area contributed by atoms with Crippen LogP contribution in [0.25, 0.3) is 0 Å². The van der Waals surface area contributed by atoms with Gasteiger partial charge in [-0.2, -0.15) is 0 Å². The van der Waals surface area contributed by atoms with Crippen molar-refractivity contribution >= 4 is 0 Å². The zero-order chi connectivity index (χ0) is 9.42. The predicted octanol–water partition coefficient (Wildman–Crippen LogP) is 1.75. The molecule has 1 aromatic rings. The molecule has 1 aliphatic heterocycles. The molecule has 0 atom stereocenters. The van der Waals surface area contributed by atoms with Gasteiger partial charge in [-0.05, 0) is 20.3 Å². The molecule has 1 aliphatic rings. The summed E-state index contributed by atoms with van der Waals surface area (Å²) in [6, 6.07) is 0.542. The molecule has 3 heteroatoms. The Labute approximate surface area is 78.0 Å². The maximum absolute atomic E-state index is 9.41. The van der Waals surface area contributed by atoms with E-state index in [1.54, 1.807) is 0 Å². The Kier molecular flexibility index (Phi) is 2.04. The van der Waals surface area contributed by atoms with Gasteiger partial charge in [0.15, 0.2) is 5.75 Å². The monoisotopic (exact) mass is 181 g/mol. The van der Waals surface area contributed by atoms with Crippen molar-refractivity contribution in [1.82, 2.24) is 4.90 Å². The maximum atomic E-state index is 9.41. The molecule has 0 aliphatic carbocycles. The predicted molar refractivity (Wildman–Crippen MR) is 49.6 cm³/mol. The molecule has 1 aromatic heterocycles. The first-order valence-electron chi connectivity index (χ1n) is 4.70. The van der Waals surface area contributed by atoms with Crippen molar-refractivity contribution in [2.45, 2.75) is 32.9 Å². The summed E-state index contributed by atoms with van der Waals surface area (Å²) < 4.78 is 5.28. The molecule has 0 aromatic carbocycles. The minimum atomic E-state index is 0.318. The molecule has 13 heavy (non-hydrogen) atoms. The molecular formula is C10H15NO2. The van der Waals surface area contributed by atoms with Gasteiger partial charge in [0.2, 0.25) is 0 Å². The molecule has 0 saturated carbocycles. The smallest absolute Gasteiger partial charge is 0.157 e. The normalized spacial score (nSPS) is 17.8. The summed E-state index contributed by atoms with van der Waals surface area (Å²) in [4.78, 5) is 2.34. The average molecular weight is 181 g/mol. The number of fused-ring (bicyclic) bond motifs is 1. The largest absolute Gasteiger partial charge is 0.504 e. The number of hydrogen-bond donors (Lipinski definition) is 1. The quantitative estimate of drug-likeness (QED) is 0.717. The molecule has 0 bridgehead atoms. The van der Waals surface area contributed by atoms with Gasteiger partial charge in [0, 0.05) is 18.2 Å². The van der Waals surface area contributed by atoms with Crippen LogP contribution in [0, 0.1) is 0 Å². The lowest BCUT2D eigenvalue weighted by Gasteiger charge is -2.29. The van der Waals surface area contributed by atoms with Crippen LogP contribution in [-0.2, 0) is 13.0 Å². The summed E-state index contributed by atoms with van der Waals surface area (Å²) in [6.07, 6.45) is 2.34. The van der Waals surface area contributed by atoms with Crippen molar-refractivity contribution in [3.8, 4) is 5.75 Å². The van der Waals surface area contributed by atoms with Gasteiger partial charge in [-0.15, -0.1) is 0 Å². The lowest BCUT2D eigenvalue weighted by molar-refractivity contribution is 0.184. The first-order valence-corrected chi connectivity index (χ1v) is 4.70. The first kappa shape index (κ1) is 8.63. The highest BCUT2D eigenvalue weighted by atomic mass is 16.4. The van der Waals surface area contributed by atoms with Crippen LogP contribution in [0.15, 0.2) is 10.7 Å². The van der Waals surface area contributed by atoms with E-state index in [0.29, 0.717) is 11.8 Å². The van der Waals surface area contributed by atoms with Crippen molar-refractivity contribution in [2.75, 3.05) is 6.54 Å². The zero-order valence-electron chi connectivity index (χ0n) is 8.08. The van der Waals surface area contributed by atoms with Crippen LogP contribution in [0.4, 0.5) is 0 Å². The highest BCUT2D eigenvalue weighted by Crippen LogP contribution is 2.29. The molecule has 2 rings (SSSR count). The number of aromatic hydroxyl groups is 1. The van der Waals surface area contributed by atoms with E-state index in [4.69, 9.17) is 4.42 Å². The summed E-state index contributed by atoms with van der Waals surface area (Å²) in [5.74, 6) is 1.25. The van der Waals surface area contributed by atoms with Crippen molar-refractivity contribution < 1.29 is 9.52 Å². The summed E-state index contributed by atoms with van der Waals surface area (Å²) in [5.41, 5.74) is 0.997.